The smallest absolute Gasteiger partial charge is 0.433 e. The van der Waals surface area contributed by atoms with Gasteiger partial charge in [0.15, 0.2) is 0 Å². The van der Waals surface area contributed by atoms with Gasteiger partial charge in [-0.3, -0.25) is 10.2 Å². The molecule has 1 amide bonds. The maximum atomic E-state index is 13.3. The van der Waals surface area contributed by atoms with Gasteiger partial charge in [0.25, 0.3) is 0 Å². The first kappa shape index (κ1) is 24.8. The molecule has 0 heterocycles. The van der Waals surface area contributed by atoms with E-state index in [2.05, 4.69) is 0 Å². The topological polar surface area (TPSA) is 87.2 Å². The van der Waals surface area contributed by atoms with Gasteiger partial charge in [-0.25, -0.2) is 0 Å². The normalized spacial score (nSPS) is 20.0. The van der Waals surface area contributed by atoms with E-state index in [0.29, 0.717) is 48.8 Å². The zero-order chi connectivity index (χ0) is 24.6. The molecular weight excluding hydrogens is 429 g/mol. The summed E-state index contributed by atoms with van der Waals surface area (Å²) in [4.78, 5) is 12.7. The van der Waals surface area contributed by atoms with Gasteiger partial charge in [-0.15, -0.1) is 0 Å². The van der Waals surface area contributed by atoms with Gasteiger partial charge in [0.2, 0.25) is 5.91 Å². The number of alkyl halides is 3. The van der Waals surface area contributed by atoms with Crippen molar-refractivity contribution >= 4 is 11.6 Å². The van der Waals surface area contributed by atoms with Crippen LogP contribution in [0.2, 0.25) is 0 Å². The lowest BCUT2D eigenvalue weighted by molar-refractivity contribution is -0.120. The van der Waals surface area contributed by atoms with E-state index in [1.54, 1.807) is 0 Å². The summed E-state index contributed by atoms with van der Waals surface area (Å²) in [6.45, 7) is 5.83. The van der Waals surface area contributed by atoms with E-state index < -0.39 is 34.5 Å². The van der Waals surface area contributed by atoms with Crippen molar-refractivity contribution in [1.29, 1.82) is 5.41 Å². The van der Waals surface area contributed by atoms with Crippen LogP contribution in [0.5, 0.6) is 5.75 Å². The van der Waals surface area contributed by atoms with E-state index in [-0.39, 0.29) is 5.92 Å². The molecule has 1 saturated carbocycles. The van der Waals surface area contributed by atoms with E-state index in [1.807, 2.05) is 45.0 Å². The van der Waals surface area contributed by atoms with Crippen molar-refractivity contribution in [2.24, 2.45) is 5.73 Å². The van der Waals surface area contributed by atoms with Crippen molar-refractivity contribution in [3.8, 4) is 5.75 Å². The number of amides is 1. The minimum Gasteiger partial charge on any atom is -0.507 e. The van der Waals surface area contributed by atoms with Crippen LogP contribution in [0, 0.1) is 5.41 Å². The Bertz CT molecular complexity index is 1060. The average molecular weight is 461 g/mol. The molecule has 33 heavy (non-hydrogen) atoms. The molecule has 4 nitrogen and oxygen atoms in total. The van der Waals surface area contributed by atoms with Crippen LogP contribution in [0.3, 0.4) is 0 Å². The minimum absolute atomic E-state index is 0.328. The second-order valence-corrected chi connectivity index (χ2v) is 8.84. The lowest BCUT2D eigenvalue weighted by Gasteiger charge is -2.23. The van der Waals surface area contributed by atoms with Gasteiger partial charge in [0, 0.05) is 11.5 Å². The van der Waals surface area contributed by atoms with E-state index in [1.165, 1.54) is 6.07 Å². The van der Waals surface area contributed by atoms with Crippen LogP contribution in [-0.2, 0) is 29.5 Å². The molecule has 2 aromatic rings. The summed E-state index contributed by atoms with van der Waals surface area (Å²) in [5.41, 5.74) is 6.54. The van der Waals surface area contributed by atoms with Gasteiger partial charge in [-0.2, -0.15) is 13.2 Å². The van der Waals surface area contributed by atoms with Crippen molar-refractivity contribution in [2.75, 3.05) is 0 Å². The van der Waals surface area contributed by atoms with Gasteiger partial charge >= 0.3 is 6.18 Å². The summed E-state index contributed by atoms with van der Waals surface area (Å²) >= 11 is 0. The molecule has 0 aliphatic heterocycles. The number of hydrogen-bond donors (Lipinski definition) is 3. The second kappa shape index (κ2) is 9.20. The first-order chi connectivity index (χ1) is 15.5. The third-order valence-corrected chi connectivity index (χ3v) is 6.73. The molecule has 2 atom stereocenters. The van der Waals surface area contributed by atoms with E-state index in [9.17, 15) is 23.1 Å². The van der Waals surface area contributed by atoms with Crippen LogP contribution >= 0.6 is 0 Å². The van der Waals surface area contributed by atoms with E-state index in [0.717, 1.165) is 17.5 Å². The molecule has 1 aliphatic carbocycles. The fourth-order valence-corrected chi connectivity index (χ4v) is 4.94. The van der Waals surface area contributed by atoms with Crippen LogP contribution in [-0.4, -0.2) is 22.9 Å². The fraction of sp³-hybridized carbons (Fsp3) is 0.462. The first-order valence-corrected chi connectivity index (χ1v) is 11.5. The maximum Gasteiger partial charge on any atom is 0.433 e. The summed E-state index contributed by atoms with van der Waals surface area (Å²) in [6, 6.07) is 9.00. The molecule has 1 fully saturated rings. The molecule has 0 spiro atoms. The highest BCUT2D eigenvalue weighted by molar-refractivity contribution is 6.05. The highest BCUT2D eigenvalue weighted by Crippen LogP contribution is 2.62. The number of halogens is 3. The predicted molar refractivity (Wildman–Crippen MR) is 123 cm³/mol. The Kier molecular flexibility index (Phi) is 6.91. The number of hydrogen-bond acceptors (Lipinski definition) is 3. The predicted octanol–water partition coefficient (Wildman–Crippen LogP) is 5.70. The SMILES string of the molecule is CCCc1cc(C(=N)C(F)(F)F)c(O)c(CCC)c1C1CC1(C(N)=O)c1ccc(CC)cc1. The number of phenolic OH excluding ortho intramolecular Hbond substituents is 1. The Labute approximate surface area is 192 Å². The third kappa shape index (κ3) is 4.37. The standard InChI is InChI=1S/C26H31F3N2O2/c1-4-7-16-13-19(23(30)26(27,28)29)22(32)18(8-5-2)21(16)20-14-25(20,24(31)33)17-11-9-15(6-3)10-12-17/h9-13,20,30,32H,4-8,14H2,1-3H3,(H2,31,33). The molecular formula is C26H31F3N2O2. The number of nitrogens with two attached hydrogens (primary N) is 1. The van der Waals surface area contributed by atoms with Crippen LogP contribution < -0.4 is 5.73 Å². The summed E-state index contributed by atoms with van der Waals surface area (Å²) in [6.07, 6.45) is -1.49. The molecule has 0 saturated heterocycles. The van der Waals surface area contributed by atoms with Gasteiger partial charge in [0.05, 0.1) is 5.41 Å². The van der Waals surface area contributed by atoms with Crippen LogP contribution in [0.1, 0.15) is 79.3 Å². The number of primary amides is 1. The Hall–Kier alpha value is -2.83. The van der Waals surface area contributed by atoms with E-state index in [4.69, 9.17) is 11.1 Å². The molecule has 1 aliphatic rings. The Morgan fingerprint density at radius 1 is 1.15 bits per heavy atom. The highest BCUT2D eigenvalue weighted by Gasteiger charge is 2.61. The summed E-state index contributed by atoms with van der Waals surface area (Å²) in [5, 5.41) is 18.5. The molecule has 2 unspecified atom stereocenters. The molecule has 0 radical (unpaired) electrons. The number of phenols is 1. The number of benzene rings is 2. The van der Waals surface area contributed by atoms with E-state index >= 15 is 0 Å². The number of aryl methyl sites for hydroxylation is 2. The Morgan fingerprint density at radius 2 is 1.76 bits per heavy atom. The first-order valence-electron chi connectivity index (χ1n) is 11.5. The highest BCUT2D eigenvalue weighted by atomic mass is 19.4. The second-order valence-electron chi connectivity index (χ2n) is 8.84. The number of carbonyl (C=O) groups is 1. The summed E-state index contributed by atoms with van der Waals surface area (Å²) in [5.74, 6) is -1.32. The lowest BCUT2D eigenvalue weighted by atomic mass is 9.82. The van der Waals surface area contributed by atoms with Gasteiger partial charge in [-0.05, 0) is 59.6 Å². The van der Waals surface area contributed by atoms with Gasteiger partial charge in [0.1, 0.15) is 11.5 Å². The molecule has 3 rings (SSSR count). The largest absolute Gasteiger partial charge is 0.507 e. The van der Waals surface area contributed by atoms with Gasteiger partial charge in [-0.1, -0.05) is 57.9 Å². The fourth-order valence-electron chi connectivity index (χ4n) is 4.94. The van der Waals surface area contributed by atoms with Crippen LogP contribution in [0.15, 0.2) is 30.3 Å². The summed E-state index contributed by atoms with van der Waals surface area (Å²) < 4.78 is 40.0. The molecule has 178 valence electrons. The number of aromatic hydroxyl groups is 1. The quantitative estimate of drug-likeness (QED) is 0.419. The molecule has 0 aromatic heterocycles. The monoisotopic (exact) mass is 460 g/mol. The van der Waals surface area contributed by atoms with Crippen molar-refractivity contribution < 1.29 is 23.1 Å². The number of carbonyl (C=O) groups excluding carboxylic acids is 1. The molecule has 7 heteroatoms. The zero-order valence-corrected chi connectivity index (χ0v) is 19.3. The van der Waals surface area contributed by atoms with Crippen LogP contribution in [0.4, 0.5) is 13.2 Å². The number of nitrogens with one attached hydrogen (secondary N) is 1. The third-order valence-electron chi connectivity index (χ3n) is 6.73. The average Bonchev–Trinajstić information content (AvgIpc) is 3.51. The number of rotatable bonds is 9. The summed E-state index contributed by atoms with van der Waals surface area (Å²) in [7, 11) is 0. The Morgan fingerprint density at radius 3 is 2.24 bits per heavy atom. The van der Waals surface area contributed by atoms with Gasteiger partial charge < -0.3 is 10.8 Å². The molecule has 4 N–H and O–H groups in total. The van der Waals surface area contributed by atoms with Crippen molar-refractivity contribution in [3.63, 3.8) is 0 Å². The van der Waals surface area contributed by atoms with Crippen molar-refractivity contribution in [2.45, 2.75) is 76.8 Å². The minimum atomic E-state index is -4.87. The molecule has 2 aromatic carbocycles. The Balaban J connectivity index is 2.21. The van der Waals surface area contributed by atoms with Crippen LogP contribution in [0.25, 0.3) is 0 Å². The molecule has 0 bridgehead atoms. The van der Waals surface area contributed by atoms with Crippen molar-refractivity contribution in [3.05, 3.63) is 63.7 Å². The zero-order valence-electron chi connectivity index (χ0n) is 19.3. The maximum absolute atomic E-state index is 13.3. The van der Waals surface area contributed by atoms with Crippen molar-refractivity contribution in [1.82, 2.24) is 0 Å². The lowest BCUT2D eigenvalue weighted by Crippen LogP contribution is -2.30.